The summed E-state index contributed by atoms with van der Waals surface area (Å²) in [6.07, 6.45) is 8.00. The van der Waals surface area contributed by atoms with E-state index < -0.39 is 6.10 Å². The van der Waals surface area contributed by atoms with E-state index in [2.05, 4.69) is 10.1 Å². The largest absolute Gasteiger partial charge is 0.385 e. The molecule has 1 saturated carbocycles. The number of amides is 1. The van der Waals surface area contributed by atoms with Crippen LogP contribution in [-0.4, -0.2) is 38.6 Å². The summed E-state index contributed by atoms with van der Waals surface area (Å²) >= 11 is 0. The van der Waals surface area contributed by atoms with Crippen molar-refractivity contribution >= 4 is 5.91 Å². The first kappa shape index (κ1) is 17.6. The van der Waals surface area contributed by atoms with Crippen LogP contribution in [0.4, 0.5) is 0 Å². The topological polar surface area (TPSA) is 79.5 Å². The molecular weight excluding hydrogens is 318 g/mol. The Balaban J connectivity index is 2.01. The van der Waals surface area contributed by atoms with E-state index in [1.165, 1.54) is 6.42 Å². The number of aliphatic hydroxyl groups excluding tert-OH is 1. The molecule has 3 rings (SSSR count). The molecule has 6 nitrogen and oxygen atoms in total. The zero-order chi connectivity index (χ0) is 17.8. The van der Waals surface area contributed by atoms with Gasteiger partial charge in [-0.05, 0) is 38.8 Å². The van der Waals surface area contributed by atoms with Crippen LogP contribution in [0.25, 0.3) is 11.3 Å². The molecule has 0 bridgehead atoms. The molecule has 2 aromatic rings. The van der Waals surface area contributed by atoms with Crippen molar-refractivity contribution < 1.29 is 14.4 Å². The van der Waals surface area contributed by atoms with Crippen LogP contribution in [0, 0.1) is 0 Å². The first-order valence-electron chi connectivity index (χ1n) is 9.02. The van der Waals surface area contributed by atoms with Crippen molar-refractivity contribution in [2.45, 2.75) is 58.1 Å². The monoisotopic (exact) mass is 343 g/mol. The lowest BCUT2D eigenvalue weighted by molar-refractivity contribution is 0.0637. The number of aliphatic hydroxyl groups is 1. The van der Waals surface area contributed by atoms with Gasteiger partial charge in [0, 0.05) is 30.5 Å². The molecule has 134 valence electrons. The Kier molecular flexibility index (Phi) is 5.48. The van der Waals surface area contributed by atoms with Gasteiger partial charge >= 0.3 is 0 Å². The highest BCUT2D eigenvalue weighted by Crippen LogP contribution is 2.32. The second kappa shape index (κ2) is 7.78. The maximum absolute atomic E-state index is 13.4. The quantitative estimate of drug-likeness (QED) is 0.897. The van der Waals surface area contributed by atoms with Crippen molar-refractivity contribution in [3.8, 4) is 11.3 Å². The van der Waals surface area contributed by atoms with Crippen LogP contribution >= 0.6 is 0 Å². The summed E-state index contributed by atoms with van der Waals surface area (Å²) in [7, 11) is 0. The fourth-order valence-electron chi connectivity index (χ4n) is 3.60. The molecule has 1 fully saturated rings. The van der Waals surface area contributed by atoms with Gasteiger partial charge in [-0.3, -0.25) is 9.78 Å². The van der Waals surface area contributed by atoms with Crippen LogP contribution in [0.5, 0.6) is 0 Å². The summed E-state index contributed by atoms with van der Waals surface area (Å²) < 4.78 is 5.34. The van der Waals surface area contributed by atoms with Gasteiger partial charge in [0.25, 0.3) is 5.91 Å². The van der Waals surface area contributed by atoms with Crippen molar-refractivity contribution in [1.29, 1.82) is 0 Å². The van der Waals surface area contributed by atoms with Gasteiger partial charge in [-0.25, -0.2) is 0 Å². The lowest BCUT2D eigenvalue weighted by Gasteiger charge is -2.33. The summed E-state index contributed by atoms with van der Waals surface area (Å²) in [5.74, 6) is 0.100. The van der Waals surface area contributed by atoms with Gasteiger partial charge in [0.2, 0.25) is 0 Å². The number of carbonyl (C=O) groups excluding carboxylic acids is 1. The molecule has 1 aliphatic rings. The summed E-state index contributed by atoms with van der Waals surface area (Å²) in [6.45, 7) is 4.20. The maximum Gasteiger partial charge on any atom is 0.260 e. The molecule has 25 heavy (non-hydrogen) atoms. The first-order chi connectivity index (χ1) is 12.1. The van der Waals surface area contributed by atoms with Crippen molar-refractivity contribution in [3.05, 3.63) is 35.9 Å². The van der Waals surface area contributed by atoms with E-state index in [0.29, 0.717) is 23.4 Å². The van der Waals surface area contributed by atoms with Gasteiger partial charge in [0.05, 0.1) is 0 Å². The smallest absolute Gasteiger partial charge is 0.260 e. The Labute approximate surface area is 147 Å². The molecule has 0 aliphatic heterocycles. The molecule has 1 N–H and O–H groups in total. The molecular formula is C19H25N3O3. The first-order valence-corrected chi connectivity index (χ1v) is 9.02. The van der Waals surface area contributed by atoms with Crippen molar-refractivity contribution in [3.63, 3.8) is 0 Å². The van der Waals surface area contributed by atoms with E-state index in [0.717, 1.165) is 25.7 Å². The SMILES string of the molecule is CCN(C(=O)c1c(-c2cccnc2)noc1[C@H](C)O)C1CCCCC1. The highest BCUT2D eigenvalue weighted by molar-refractivity contribution is 6.01. The second-order valence-electron chi connectivity index (χ2n) is 6.57. The van der Waals surface area contributed by atoms with Crippen LogP contribution in [-0.2, 0) is 0 Å². The van der Waals surface area contributed by atoms with E-state index in [4.69, 9.17) is 4.52 Å². The average Bonchev–Trinajstić information content (AvgIpc) is 3.09. The van der Waals surface area contributed by atoms with Gasteiger partial charge in [0.1, 0.15) is 17.4 Å². The van der Waals surface area contributed by atoms with E-state index in [1.54, 1.807) is 25.4 Å². The third-order valence-corrected chi connectivity index (χ3v) is 4.86. The number of nitrogens with zero attached hydrogens (tertiary/aromatic N) is 3. The molecule has 0 saturated heterocycles. The number of aromatic nitrogens is 2. The van der Waals surface area contributed by atoms with Gasteiger partial charge < -0.3 is 14.5 Å². The summed E-state index contributed by atoms with van der Waals surface area (Å²) in [4.78, 5) is 19.4. The van der Waals surface area contributed by atoms with Crippen LogP contribution in [0.3, 0.4) is 0 Å². The van der Waals surface area contributed by atoms with E-state index >= 15 is 0 Å². The summed E-state index contributed by atoms with van der Waals surface area (Å²) in [5.41, 5.74) is 1.51. The molecule has 2 aromatic heterocycles. The third kappa shape index (κ3) is 3.58. The minimum absolute atomic E-state index is 0.120. The molecule has 6 heteroatoms. The molecule has 0 unspecified atom stereocenters. The highest BCUT2D eigenvalue weighted by Gasteiger charge is 2.32. The number of hydrogen-bond acceptors (Lipinski definition) is 5. The van der Waals surface area contributed by atoms with E-state index in [1.807, 2.05) is 17.9 Å². The van der Waals surface area contributed by atoms with Crippen molar-refractivity contribution in [1.82, 2.24) is 15.0 Å². The number of pyridine rings is 1. The fourth-order valence-corrected chi connectivity index (χ4v) is 3.60. The van der Waals surface area contributed by atoms with Gasteiger partial charge in [0.15, 0.2) is 5.76 Å². The molecule has 1 aliphatic carbocycles. The second-order valence-corrected chi connectivity index (χ2v) is 6.57. The van der Waals surface area contributed by atoms with Crippen molar-refractivity contribution in [2.75, 3.05) is 6.54 Å². The number of carbonyl (C=O) groups is 1. The van der Waals surface area contributed by atoms with Crippen LogP contribution in [0.2, 0.25) is 0 Å². The Morgan fingerprint density at radius 3 is 2.76 bits per heavy atom. The minimum atomic E-state index is -0.901. The maximum atomic E-state index is 13.4. The normalized spacial score (nSPS) is 16.6. The van der Waals surface area contributed by atoms with Crippen LogP contribution in [0.1, 0.15) is 68.2 Å². The standard InChI is InChI=1S/C19H25N3O3/c1-3-22(15-9-5-4-6-10-15)19(24)16-17(14-8-7-11-20-12-14)21-25-18(16)13(2)23/h7-8,11-13,15,23H,3-6,9-10H2,1-2H3/t13-/m0/s1. The Bertz CT molecular complexity index is 706. The average molecular weight is 343 g/mol. The zero-order valence-electron chi connectivity index (χ0n) is 14.8. The Morgan fingerprint density at radius 2 is 2.16 bits per heavy atom. The minimum Gasteiger partial charge on any atom is -0.385 e. The molecule has 2 heterocycles. The number of rotatable bonds is 5. The Morgan fingerprint density at radius 1 is 1.40 bits per heavy atom. The molecule has 1 atom stereocenters. The van der Waals surface area contributed by atoms with Crippen LogP contribution < -0.4 is 0 Å². The molecule has 1 amide bonds. The van der Waals surface area contributed by atoms with E-state index in [-0.39, 0.29) is 17.7 Å². The lowest BCUT2D eigenvalue weighted by Crippen LogP contribution is -2.41. The summed E-state index contributed by atoms with van der Waals surface area (Å²) in [6, 6.07) is 3.87. The molecule has 0 spiro atoms. The summed E-state index contributed by atoms with van der Waals surface area (Å²) in [5, 5.41) is 14.1. The van der Waals surface area contributed by atoms with Gasteiger partial charge in [-0.2, -0.15) is 0 Å². The van der Waals surface area contributed by atoms with E-state index in [9.17, 15) is 9.90 Å². The molecule has 0 aromatic carbocycles. The third-order valence-electron chi connectivity index (χ3n) is 4.86. The van der Waals surface area contributed by atoms with Crippen molar-refractivity contribution in [2.24, 2.45) is 0 Å². The lowest BCUT2D eigenvalue weighted by atomic mass is 9.93. The highest BCUT2D eigenvalue weighted by atomic mass is 16.5. The predicted molar refractivity (Wildman–Crippen MR) is 94.0 cm³/mol. The van der Waals surface area contributed by atoms with Crippen LogP contribution in [0.15, 0.2) is 29.0 Å². The van der Waals surface area contributed by atoms with Gasteiger partial charge in [-0.15, -0.1) is 0 Å². The van der Waals surface area contributed by atoms with Gasteiger partial charge in [-0.1, -0.05) is 24.4 Å². The Hall–Kier alpha value is -2.21. The number of hydrogen-bond donors (Lipinski definition) is 1. The predicted octanol–water partition coefficient (Wildman–Crippen LogP) is 3.58. The fraction of sp³-hybridized carbons (Fsp3) is 0.526. The zero-order valence-corrected chi connectivity index (χ0v) is 14.8. The molecule has 0 radical (unpaired) electrons.